The van der Waals surface area contributed by atoms with Crippen LogP contribution in [-0.4, -0.2) is 12.8 Å². The monoisotopic (exact) mass is 217 g/mol. The van der Waals surface area contributed by atoms with Crippen molar-refractivity contribution < 1.29 is 4.74 Å². The molecule has 0 fully saturated rings. The molecule has 0 bridgehead atoms. The molecule has 0 heterocycles. The van der Waals surface area contributed by atoms with Crippen molar-refractivity contribution in [3.8, 4) is 5.75 Å². The van der Waals surface area contributed by atoms with Crippen molar-refractivity contribution in [2.45, 2.75) is 20.8 Å². The molecule has 0 N–H and O–H groups in total. The summed E-state index contributed by atoms with van der Waals surface area (Å²) in [5, 5.41) is 0. The molecule has 0 unspecified atom stereocenters. The predicted octanol–water partition coefficient (Wildman–Crippen LogP) is 3.59. The maximum absolute atomic E-state index is 5.39. The zero-order valence-electron chi connectivity index (χ0n) is 10.4. The van der Waals surface area contributed by atoms with Crippen LogP contribution in [0.4, 0.5) is 0 Å². The van der Waals surface area contributed by atoms with Gasteiger partial charge in [0.25, 0.3) is 0 Å². The van der Waals surface area contributed by atoms with Gasteiger partial charge >= 0.3 is 0 Å². The zero-order chi connectivity index (χ0) is 12.1. The topological polar surface area (TPSA) is 21.6 Å². The molecular formula is C14H19NO. The number of nitrogens with zero attached hydrogens (tertiary/aromatic N) is 1. The lowest BCUT2D eigenvalue weighted by molar-refractivity contribution is 0.413. The molecular weight excluding hydrogens is 198 g/mol. The molecule has 0 aliphatic rings. The van der Waals surface area contributed by atoms with Gasteiger partial charge in [-0.15, -0.1) is 0 Å². The molecule has 0 saturated heterocycles. The lowest BCUT2D eigenvalue weighted by atomic mass is 9.95. The summed E-state index contributed by atoms with van der Waals surface area (Å²) in [5.41, 5.74) is 3.28. The van der Waals surface area contributed by atoms with Gasteiger partial charge in [-0.2, -0.15) is 0 Å². The first kappa shape index (κ1) is 12.5. The van der Waals surface area contributed by atoms with Crippen LogP contribution in [0.2, 0.25) is 0 Å². The third kappa shape index (κ3) is 2.51. The second-order valence-electron chi connectivity index (χ2n) is 4.00. The van der Waals surface area contributed by atoms with Gasteiger partial charge in [0, 0.05) is 11.8 Å². The van der Waals surface area contributed by atoms with Crippen molar-refractivity contribution in [1.29, 1.82) is 0 Å². The van der Waals surface area contributed by atoms with Gasteiger partial charge in [-0.3, -0.25) is 4.99 Å². The van der Waals surface area contributed by atoms with Crippen molar-refractivity contribution in [3.05, 3.63) is 42.1 Å². The molecule has 2 heteroatoms. The van der Waals surface area contributed by atoms with Crippen LogP contribution in [0.3, 0.4) is 0 Å². The van der Waals surface area contributed by atoms with Crippen molar-refractivity contribution in [2.24, 2.45) is 10.9 Å². The van der Waals surface area contributed by atoms with Gasteiger partial charge in [0.05, 0.1) is 12.8 Å². The quantitative estimate of drug-likeness (QED) is 0.706. The summed E-state index contributed by atoms with van der Waals surface area (Å²) in [6, 6.07) is 6.02. The van der Waals surface area contributed by atoms with E-state index in [4.69, 9.17) is 4.74 Å². The lowest BCUT2D eigenvalue weighted by Crippen LogP contribution is -2.12. The highest BCUT2D eigenvalue weighted by Gasteiger charge is 2.15. The molecule has 0 aliphatic heterocycles. The predicted molar refractivity (Wildman–Crippen MR) is 69.3 cm³/mol. The van der Waals surface area contributed by atoms with Crippen LogP contribution in [0.25, 0.3) is 0 Å². The van der Waals surface area contributed by atoms with Crippen molar-refractivity contribution in [3.63, 3.8) is 0 Å². The highest BCUT2D eigenvalue weighted by molar-refractivity contribution is 6.05. The molecule has 2 nitrogen and oxygen atoms in total. The third-order valence-corrected chi connectivity index (χ3v) is 2.49. The van der Waals surface area contributed by atoms with Crippen molar-refractivity contribution in [2.75, 3.05) is 7.11 Å². The van der Waals surface area contributed by atoms with E-state index in [0.717, 1.165) is 17.0 Å². The van der Waals surface area contributed by atoms with E-state index in [1.54, 1.807) is 13.3 Å². The summed E-state index contributed by atoms with van der Waals surface area (Å²) in [6.07, 6.45) is 1.58. The summed E-state index contributed by atoms with van der Waals surface area (Å²) < 4.78 is 5.39. The van der Waals surface area contributed by atoms with Gasteiger partial charge in [0.1, 0.15) is 5.75 Å². The Morgan fingerprint density at radius 2 is 2.12 bits per heavy atom. The van der Waals surface area contributed by atoms with Crippen LogP contribution < -0.4 is 4.74 Å². The minimum atomic E-state index is 0.341. The average molecular weight is 217 g/mol. The first-order valence-corrected chi connectivity index (χ1v) is 5.44. The molecule has 1 aromatic rings. The minimum Gasteiger partial charge on any atom is -0.496 e. The van der Waals surface area contributed by atoms with Gasteiger partial charge in [0.15, 0.2) is 0 Å². The Labute approximate surface area is 97.7 Å². The maximum Gasteiger partial charge on any atom is 0.128 e. The Bertz CT molecular complexity index is 405. The summed E-state index contributed by atoms with van der Waals surface area (Å²) >= 11 is 0. The molecule has 0 aliphatic carbocycles. The number of benzene rings is 1. The number of hydrogen-bond donors (Lipinski definition) is 0. The second kappa shape index (κ2) is 5.50. The van der Waals surface area contributed by atoms with E-state index >= 15 is 0 Å². The number of rotatable bonds is 4. The Balaban J connectivity index is 3.39. The van der Waals surface area contributed by atoms with E-state index < -0.39 is 0 Å². The van der Waals surface area contributed by atoms with Crippen molar-refractivity contribution >= 4 is 5.71 Å². The van der Waals surface area contributed by atoms with E-state index in [1.165, 1.54) is 5.56 Å². The van der Waals surface area contributed by atoms with E-state index in [0.29, 0.717) is 5.92 Å². The lowest BCUT2D eigenvalue weighted by Gasteiger charge is -2.16. The number of aliphatic imine (C=N–C) groups is 1. The fourth-order valence-corrected chi connectivity index (χ4v) is 1.74. The first-order valence-electron chi connectivity index (χ1n) is 5.44. The van der Waals surface area contributed by atoms with E-state index in [2.05, 4.69) is 38.4 Å². The number of ether oxygens (including phenoxy) is 1. The average Bonchev–Trinajstić information content (AvgIpc) is 2.26. The largest absolute Gasteiger partial charge is 0.496 e. The molecule has 0 radical (unpaired) electrons. The summed E-state index contributed by atoms with van der Waals surface area (Å²) in [7, 11) is 1.68. The van der Waals surface area contributed by atoms with Crippen LogP contribution in [-0.2, 0) is 0 Å². The maximum atomic E-state index is 5.39. The fourth-order valence-electron chi connectivity index (χ4n) is 1.74. The van der Waals surface area contributed by atoms with E-state index in [9.17, 15) is 0 Å². The molecule has 86 valence electrons. The Hall–Kier alpha value is -1.57. The van der Waals surface area contributed by atoms with Crippen LogP contribution in [0.5, 0.6) is 5.75 Å². The molecule has 0 spiro atoms. The Morgan fingerprint density at radius 1 is 1.44 bits per heavy atom. The molecule has 1 rings (SSSR count). The summed E-state index contributed by atoms with van der Waals surface area (Å²) in [5.74, 6) is 1.21. The molecule has 0 amide bonds. The third-order valence-electron chi connectivity index (χ3n) is 2.49. The van der Waals surface area contributed by atoms with Gasteiger partial charge < -0.3 is 4.74 Å². The standard InChI is InChI=1S/C14H19NO/c1-6-15-14(10(2)3)13-11(4)8-7-9-12(13)16-5/h6-10H,1H2,2-5H3. The Kier molecular flexibility index (Phi) is 4.29. The summed E-state index contributed by atoms with van der Waals surface area (Å²) in [4.78, 5) is 4.36. The number of hydrogen-bond acceptors (Lipinski definition) is 2. The number of aryl methyl sites for hydroxylation is 1. The van der Waals surface area contributed by atoms with E-state index in [1.807, 2.05) is 12.1 Å². The fraction of sp³-hybridized carbons (Fsp3) is 0.357. The van der Waals surface area contributed by atoms with Gasteiger partial charge in [-0.1, -0.05) is 32.6 Å². The zero-order valence-corrected chi connectivity index (χ0v) is 10.4. The molecule has 16 heavy (non-hydrogen) atoms. The van der Waals surface area contributed by atoms with Gasteiger partial charge in [0.2, 0.25) is 0 Å². The van der Waals surface area contributed by atoms with Crippen LogP contribution in [0, 0.1) is 12.8 Å². The van der Waals surface area contributed by atoms with Crippen LogP contribution >= 0.6 is 0 Å². The summed E-state index contributed by atoms with van der Waals surface area (Å²) in [6.45, 7) is 9.97. The SMILES string of the molecule is C=CN=C(c1c(C)cccc1OC)C(C)C. The van der Waals surface area contributed by atoms with Crippen LogP contribution in [0.1, 0.15) is 25.0 Å². The van der Waals surface area contributed by atoms with E-state index in [-0.39, 0.29) is 0 Å². The normalized spacial score (nSPS) is 11.7. The number of methoxy groups -OCH3 is 1. The molecule has 0 aromatic heterocycles. The molecule has 0 atom stereocenters. The highest BCUT2D eigenvalue weighted by atomic mass is 16.5. The second-order valence-corrected chi connectivity index (χ2v) is 4.00. The minimum absolute atomic E-state index is 0.341. The van der Waals surface area contributed by atoms with Crippen LogP contribution in [0.15, 0.2) is 36.0 Å². The molecule has 0 saturated carbocycles. The van der Waals surface area contributed by atoms with Gasteiger partial charge in [-0.05, 0) is 24.5 Å². The van der Waals surface area contributed by atoms with Crippen molar-refractivity contribution in [1.82, 2.24) is 0 Å². The highest BCUT2D eigenvalue weighted by Crippen LogP contribution is 2.25. The Morgan fingerprint density at radius 3 is 2.62 bits per heavy atom. The molecule has 1 aromatic carbocycles. The smallest absolute Gasteiger partial charge is 0.128 e. The van der Waals surface area contributed by atoms with Gasteiger partial charge in [-0.25, -0.2) is 0 Å². The first-order chi connectivity index (χ1) is 7.61.